The fourth-order valence-electron chi connectivity index (χ4n) is 4.11. The first-order valence-electron chi connectivity index (χ1n) is 9.33. The minimum Gasteiger partial charge on any atom is -0.347 e. The molecule has 0 saturated carbocycles. The van der Waals surface area contributed by atoms with Gasteiger partial charge < -0.3 is 5.32 Å². The zero-order valence-electron chi connectivity index (χ0n) is 15.3. The fourth-order valence-corrected chi connectivity index (χ4v) is 4.92. The van der Waals surface area contributed by atoms with Crippen molar-refractivity contribution in [3.8, 4) is 6.07 Å². The molecule has 3 aliphatic heterocycles. The van der Waals surface area contributed by atoms with Gasteiger partial charge >= 0.3 is 0 Å². The SMILES string of the molecule is C[C@H]1[C@H](NC(=O)c2ccc(Sc3cc(C#N)ccn3)cc2)C2CCN1CC2. The van der Waals surface area contributed by atoms with Crippen molar-refractivity contribution in [3.63, 3.8) is 0 Å². The Morgan fingerprint density at radius 2 is 2.00 bits per heavy atom. The van der Waals surface area contributed by atoms with E-state index in [1.807, 2.05) is 24.3 Å². The summed E-state index contributed by atoms with van der Waals surface area (Å²) < 4.78 is 0. The molecule has 5 rings (SSSR count). The molecular formula is C21H22N4OS. The fraction of sp³-hybridized carbons (Fsp3) is 0.381. The van der Waals surface area contributed by atoms with Crippen molar-refractivity contribution in [1.82, 2.24) is 15.2 Å². The number of hydrogen-bond acceptors (Lipinski definition) is 5. The van der Waals surface area contributed by atoms with Crippen LogP contribution in [0.2, 0.25) is 0 Å². The molecule has 0 radical (unpaired) electrons. The highest BCUT2D eigenvalue weighted by Gasteiger charge is 2.40. The Kier molecular flexibility index (Phi) is 5.15. The van der Waals surface area contributed by atoms with Gasteiger partial charge in [-0.15, -0.1) is 0 Å². The van der Waals surface area contributed by atoms with Gasteiger partial charge in [0.2, 0.25) is 0 Å². The van der Waals surface area contributed by atoms with E-state index in [0.29, 0.717) is 23.1 Å². The minimum atomic E-state index is 0.00162. The van der Waals surface area contributed by atoms with Crippen molar-refractivity contribution in [2.45, 2.75) is 41.8 Å². The molecule has 1 aromatic carbocycles. The van der Waals surface area contributed by atoms with Crippen LogP contribution >= 0.6 is 11.8 Å². The molecule has 1 aromatic heterocycles. The van der Waals surface area contributed by atoms with Crippen molar-refractivity contribution in [2.24, 2.45) is 5.92 Å². The summed E-state index contributed by atoms with van der Waals surface area (Å²) in [6.07, 6.45) is 4.00. The van der Waals surface area contributed by atoms with E-state index in [1.165, 1.54) is 24.6 Å². The van der Waals surface area contributed by atoms with E-state index >= 15 is 0 Å². The number of carbonyl (C=O) groups is 1. The molecule has 3 aliphatic rings. The summed E-state index contributed by atoms with van der Waals surface area (Å²) in [5.41, 5.74) is 1.27. The molecule has 4 heterocycles. The quantitative estimate of drug-likeness (QED) is 0.884. The van der Waals surface area contributed by atoms with Gasteiger partial charge in [0.15, 0.2) is 0 Å². The Hall–Kier alpha value is -2.36. The molecule has 0 spiro atoms. The molecule has 0 unspecified atom stereocenters. The van der Waals surface area contributed by atoms with Crippen molar-refractivity contribution in [3.05, 3.63) is 53.7 Å². The average Bonchev–Trinajstić information content (AvgIpc) is 2.71. The lowest BCUT2D eigenvalue weighted by Crippen LogP contribution is -2.62. The molecule has 3 fully saturated rings. The first-order valence-corrected chi connectivity index (χ1v) is 10.1. The molecule has 0 aliphatic carbocycles. The van der Waals surface area contributed by atoms with Crippen LogP contribution in [0.15, 0.2) is 52.5 Å². The first kappa shape index (κ1) is 18.0. The van der Waals surface area contributed by atoms with Gasteiger partial charge in [-0.05, 0) is 75.2 Å². The second kappa shape index (κ2) is 7.71. The largest absolute Gasteiger partial charge is 0.347 e. The highest BCUT2D eigenvalue weighted by atomic mass is 32.2. The Balaban J connectivity index is 1.41. The van der Waals surface area contributed by atoms with E-state index in [9.17, 15) is 4.79 Å². The molecule has 1 N–H and O–H groups in total. The number of piperidine rings is 3. The standard InChI is InChI=1S/C21H22N4OS/c1-14-20(16-7-10-25(14)11-8-16)24-21(26)17-2-4-18(5-3-17)27-19-12-15(13-22)6-9-23-19/h2-6,9,12,14,16,20H,7-8,10-11H2,1H3,(H,24,26)/t14-,20-/m0/s1. The zero-order chi connectivity index (χ0) is 18.8. The lowest BCUT2D eigenvalue weighted by Gasteiger charge is -2.49. The summed E-state index contributed by atoms with van der Waals surface area (Å²) in [6, 6.07) is 13.8. The molecular weight excluding hydrogens is 356 g/mol. The number of nitrogens with one attached hydrogen (secondary N) is 1. The number of nitrogens with zero attached hydrogens (tertiary/aromatic N) is 3. The Labute approximate surface area is 163 Å². The molecule has 3 saturated heterocycles. The molecule has 1 amide bonds. The number of pyridine rings is 1. The molecule has 2 aromatic rings. The van der Waals surface area contributed by atoms with Crippen LogP contribution in [-0.2, 0) is 0 Å². The number of hydrogen-bond donors (Lipinski definition) is 1. The predicted octanol–water partition coefficient (Wildman–Crippen LogP) is 3.32. The van der Waals surface area contributed by atoms with Crippen molar-refractivity contribution >= 4 is 17.7 Å². The van der Waals surface area contributed by atoms with Gasteiger partial charge in [0.25, 0.3) is 5.91 Å². The van der Waals surface area contributed by atoms with Crippen LogP contribution in [0, 0.1) is 17.2 Å². The monoisotopic (exact) mass is 378 g/mol. The summed E-state index contributed by atoms with van der Waals surface area (Å²) >= 11 is 1.48. The highest BCUT2D eigenvalue weighted by molar-refractivity contribution is 7.99. The van der Waals surface area contributed by atoms with Crippen molar-refractivity contribution in [1.29, 1.82) is 5.26 Å². The van der Waals surface area contributed by atoms with Crippen molar-refractivity contribution in [2.75, 3.05) is 13.1 Å². The second-order valence-corrected chi connectivity index (χ2v) is 8.33. The Bertz CT molecular complexity index is 866. The molecule has 138 valence electrons. The normalized spacial score (nSPS) is 26.4. The first-order chi connectivity index (χ1) is 13.1. The van der Waals surface area contributed by atoms with Gasteiger partial charge in [0, 0.05) is 28.7 Å². The summed E-state index contributed by atoms with van der Waals surface area (Å²) in [4.78, 5) is 20.4. The summed E-state index contributed by atoms with van der Waals surface area (Å²) in [7, 11) is 0. The van der Waals surface area contributed by atoms with Crippen LogP contribution in [0.4, 0.5) is 0 Å². The number of amides is 1. The molecule has 2 bridgehead atoms. The summed E-state index contributed by atoms with van der Waals surface area (Å²) in [5.74, 6) is 0.601. The van der Waals surface area contributed by atoms with E-state index in [2.05, 4.69) is 28.2 Å². The van der Waals surface area contributed by atoms with E-state index in [-0.39, 0.29) is 11.9 Å². The number of benzene rings is 1. The summed E-state index contributed by atoms with van der Waals surface area (Å²) in [6.45, 7) is 4.54. The maximum Gasteiger partial charge on any atom is 0.251 e. The van der Waals surface area contributed by atoms with Crippen LogP contribution in [0.3, 0.4) is 0 Å². The molecule has 27 heavy (non-hydrogen) atoms. The maximum absolute atomic E-state index is 12.7. The van der Waals surface area contributed by atoms with Crippen LogP contribution in [0.5, 0.6) is 0 Å². The number of carbonyl (C=O) groups excluding carboxylic acids is 1. The number of rotatable bonds is 4. The van der Waals surface area contributed by atoms with Crippen LogP contribution in [0.1, 0.15) is 35.7 Å². The van der Waals surface area contributed by atoms with E-state index < -0.39 is 0 Å². The average molecular weight is 379 g/mol. The van der Waals surface area contributed by atoms with Crippen LogP contribution < -0.4 is 5.32 Å². The topological polar surface area (TPSA) is 69.0 Å². The second-order valence-electron chi connectivity index (χ2n) is 7.23. The molecule has 6 heteroatoms. The van der Waals surface area contributed by atoms with Gasteiger partial charge in [0.05, 0.1) is 11.6 Å². The Morgan fingerprint density at radius 1 is 1.26 bits per heavy atom. The Morgan fingerprint density at radius 3 is 2.67 bits per heavy atom. The minimum absolute atomic E-state index is 0.00162. The number of nitriles is 1. The third-order valence-electron chi connectivity index (χ3n) is 5.68. The predicted molar refractivity (Wildman–Crippen MR) is 105 cm³/mol. The van der Waals surface area contributed by atoms with Gasteiger partial charge in [0.1, 0.15) is 5.03 Å². The zero-order valence-corrected chi connectivity index (χ0v) is 16.1. The lowest BCUT2D eigenvalue weighted by atomic mass is 9.79. The lowest BCUT2D eigenvalue weighted by molar-refractivity contribution is 0.0217. The number of aromatic nitrogens is 1. The van der Waals surface area contributed by atoms with E-state index in [1.54, 1.807) is 18.3 Å². The third kappa shape index (κ3) is 3.85. The van der Waals surface area contributed by atoms with E-state index in [4.69, 9.17) is 5.26 Å². The van der Waals surface area contributed by atoms with Gasteiger partial charge in [-0.3, -0.25) is 9.69 Å². The number of fused-ring (bicyclic) bond motifs is 3. The smallest absolute Gasteiger partial charge is 0.251 e. The van der Waals surface area contributed by atoms with Crippen molar-refractivity contribution < 1.29 is 4.79 Å². The molecule has 5 nitrogen and oxygen atoms in total. The summed E-state index contributed by atoms with van der Waals surface area (Å²) in [5, 5.41) is 13.0. The van der Waals surface area contributed by atoms with Gasteiger partial charge in [-0.1, -0.05) is 11.8 Å². The highest BCUT2D eigenvalue weighted by Crippen LogP contribution is 2.32. The van der Waals surface area contributed by atoms with Crippen LogP contribution in [0.25, 0.3) is 0 Å². The third-order valence-corrected chi connectivity index (χ3v) is 6.62. The molecule has 2 atom stereocenters. The van der Waals surface area contributed by atoms with E-state index in [0.717, 1.165) is 23.0 Å². The van der Waals surface area contributed by atoms with Gasteiger partial charge in [-0.25, -0.2) is 4.98 Å². The maximum atomic E-state index is 12.7. The van der Waals surface area contributed by atoms with Crippen LogP contribution in [-0.4, -0.2) is 41.0 Å². The van der Waals surface area contributed by atoms with Gasteiger partial charge in [-0.2, -0.15) is 5.26 Å².